The first-order valence-electron chi connectivity index (χ1n) is 23.9. The number of fused-ring (bicyclic) bond motifs is 2. The molecule has 9 atom stereocenters. The van der Waals surface area contributed by atoms with Crippen LogP contribution in [0.4, 0.5) is 19.4 Å². The molecule has 2 aliphatic carbocycles. The second-order valence-corrected chi connectivity index (χ2v) is 20.2. The van der Waals surface area contributed by atoms with Gasteiger partial charge in [0.2, 0.25) is 17.7 Å². The van der Waals surface area contributed by atoms with Crippen LogP contribution in [0.15, 0.2) is 23.4 Å². The highest BCUT2D eigenvalue weighted by Crippen LogP contribution is 2.44. The highest BCUT2D eigenvalue weighted by molar-refractivity contribution is 8.00. The van der Waals surface area contributed by atoms with Crippen molar-refractivity contribution in [2.75, 3.05) is 43.1 Å². The average Bonchev–Trinajstić information content (AvgIpc) is 3.51. The minimum atomic E-state index is -1.22. The summed E-state index contributed by atoms with van der Waals surface area (Å²) in [6, 6.07) is 3.49. The molecule has 4 heterocycles. The lowest BCUT2D eigenvalue weighted by molar-refractivity contribution is -0.122. The molecule has 2 saturated heterocycles. The molecule has 2 aromatic heterocycles. The molecule has 0 unspecified atom stereocenters. The van der Waals surface area contributed by atoms with Gasteiger partial charge in [-0.05, 0) is 69.1 Å². The van der Waals surface area contributed by atoms with Crippen molar-refractivity contribution in [3.8, 4) is 0 Å². The van der Waals surface area contributed by atoms with Gasteiger partial charge in [-0.1, -0.05) is 49.2 Å². The van der Waals surface area contributed by atoms with Crippen LogP contribution in [0.25, 0.3) is 11.2 Å². The van der Waals surface area contributed by atoms with Gasteiger partial charge in [-0.25, -0.2) is 28.2 Å². The standard InChI is InChI=1S/C45H65F2N11O7S2/c1-2-21-66-45-54-42(51-30-23-27(30)26-15-16-28(46)29(47)22-26)39-43(55-45)58(57-56-39)32-24-33(41(63)40(32)62)65-20-19-50-37(61)13-6-4-10-17-48-35(59)12-5-3-9-18-49-36(60)14-8-7-11-34-38-31(25-67-34)52-44(64)53-38/h15-16,22,27,30-34,38,40-41,62-63H,2-14,17-21,23-25H2,1H3,(H,48,59)(H,49,60)(H,50,61)(H,51,54,55)(H2,52,53,64)/t27-,30+,31-,32+,33-,34-,38-,40-,41+/m0/s1. The summed E-state index contributed by atoms with van der Waals surface area (Å²) in [5.74, 6) is 0.270. The van der Waals surface area contributed by atoms with E-state index >= 15 is 0 Å². The van der Waals surface area contributed by atoms with Gasteiger partial charge in [-0.2, -0.15) is 11.8 Å². The molecule has 5 amide bonds. The number of halogens is 2. The predicted molar refractivity (Wildman–Crippen MR) is 251 cm³/mol. The van der Waals surface area contributed by atoms with Crippen LogP contribution >= 0.6 is 23.5 Å². The Morgan fingerprint density at radius 1 is 0.881 bits per heavy atom. The molecule has 67 heavy (non-hydrogen) atoms. The zero-order valence-electron chi connectivity index (χ0n) is 38.0. The lowest BCUT2D eigenvalue weighted by Crippen LogP contribution is -2.36. The number of rotatable bonds is 28. The van der Waals surface area contributed by atoms with Crippen LogP contribution in [0.1, 0.15) is 121 Å². The van der Waals surface area contributed by atoms with E-state index in [-0.39, 0.29) is 67.4 Å². The van der Waals surface area contributed by atoms with Crippen molar-refractivity contribution >= 4 is 64.3 Å². The molecular formula is C45H65F2N11O7S2. The topological polar surface area (TPSA) is 247 Å². The van der Waals surface area contributed by atoms with Crippen LogP contribution in [-0.4, -0.2) is 138 Å². The van der Waals surface area contributed by atoms with Gasteiger partial charge in [0.1, 0.15) is 12.2 Å². The van der Waals surface area contributed by atoms with E-state index in [0.717, 1.165) is 75.4 Å². The molecule has 368 valence electrons. The number of hydrogen-bond acceptors (Lipinski definition) is 14. The van der Waals surface area contributed by atoms with E-state index in [1.807, 2.05) is 18.7 Å². The summed E-state index contributed by atoms with van der Waals surface area (Å²) >= 11 is 3.35. The minimum absolute atomic E-state index is 0.00121. The summed E-state index contributed by atoms with van der Waals surface area (Å²) < 4.78 is 34.9. The van der Waals surface area contributed by atoms with Gasteiger partial charge in [0.25, 0.3) is 0 Å². The van der Waals surface area contributed by atoms with Gasteiger partial charge >= 0.3 is 6.03 Å². The van der Waals surface area contributed by atoms with Crippen LogP contribution in [0, 0.1) is 11.6 Å². The van der Waals surface area contributed by atoms with Crippen molar-refractivity contribution in [2.24, 2.45) is 0 Å². The lowest BCUT2D eigenvalue weighted by atomic mass is 10.0. The number of nitrogens with one attached hydrogen (secondary N) is 6. The molecule has 18 nitrogen and oxygen atoms in total. The number of aliphatic hydroxyl groups excluding tert-OH is 2. The number of carbonyl (C=O) groups is 4. The van der Waals surface area contributed by atoms with Crippen molar-refractivity contribution in [1.82, 2.24) is 51.5 Å². The number of aromatic nitrogens is 5. The number of carbonyl (C=O) groups excluding carboxylic acids is 4. The normalized spacial score (nSPS) is 25.1. The molecule has 7 rings (SSSR count). The number of ether oxygens (including phenoxy) is 1. The molecule has 4 aliphatic rings. The smallest absolute Gasteiger partial charge is 0.315 e. The second-order valence-electron chi connectivity index (χ2n) is 17.9. The molecule has 2 aliphatic heterocycles. The Hall–Kier alpha value is -4.38. The second kappa shape index (κ2) is 24.8. The number of nitrogens with zero attached hydrogens (tertiary/aromatic N) is 5. The van der Waals surface area contributed by atoms with Crippen LogP contribution < -0.4 is 31.9 Å². The fourth-order valence-electron chi connectivity index (χ4n) is 8.98. The third kappa shape index (κ3) is 14.1. The third-order valence-electron chi connectivity index (χ3n) is 12.8. The fourth-order valence-corrected chi connectivity index (χ4v) is 11.2. The van der Waals surface area contributed by atoms with Crippen LogP contribution in [-0.2, 0) is 19.1 Å². The number of thioether (sulfide) groups is 2. The predicted octanol–water partition coefficient (Wildman–Crippen LogP) is 4.22. The van der Waals surface area contributed by atoms with E-state index in [2.05, 4.69) is 42.2 Å². The number of hydrogen-bond donors (Lipinski definition) is 8. The van der Waals surface area contributed by atoms with Crippen molar-refractivity contribution in [3.63, 3.8) is 0 Å². The molecule has 3 aromatic rings. The first-order chi connectivity index (χ1) is 32.5. The molecule has 8 N–H and O–H groups in total. The molecule has 0 bridgehead atoms. The van der Waals surface area contributed by atoms with E-state index in [4.69, 9.17) is 14.7 Å². The quantitative estimate of drug-likeness (QED) is 0.0220. The first-order valence-corrected chi connectivity index (χ1v) is 26.0. The monoisotopic (exact) mass is 973 g/mol. The van der Waals surface area contributed by atoms with E-state index < -0.39 is 36.0 Å². The Balaban J connectivity index is 0.715. The van der Waals surface area contributed by atoms with Gasteiger partial charge < -0.3 is 46.9 Å². The van der Waals surface area contributed by atoms with E-state index in [9.17, 15) is 38.2 Å². The van der Waals surface area contributed by atoms with E-state index in [1.54, 1.807) is 6.07 Å². The van der Waals surface area contributed by atoms with Crippen LogP contribution in [0.5, 0.6) is 0 Å². The Labute approximate surface area is 397 Å². The summed E-state index contributed by atoms with van der Waals surface area (Å²) in [5, 5.41) is 49.8. The van der Waals surface area contributed by atoms with E-state index in [1.165, 1.54) is 22.5 Å². The minimum Gasteiger partial charge on any atom is -0.388 e. The van der Waals surface area contributed by atoms with Crippen LogP contribution in [0.3, 0.4) is 0 Å². The Morgan fingerprint density at radius 2 is 1.58 bits per heavy atom. The third-order valence-corrected chi connectivity index (χ3v) is 15.3. The summed E-state index contributed by atoms with van der Waals surface area (Å²) in [4.78, 5) is 57.9. The maximum atomic E-state index is 13.9. The number of urea groups is 1. The van der Waals surface area contributed by atoms with Crippen molar-refractivity contribution in [2.45, 2.75) is 162 Å². The number of anilines is 1. The lowest BCUT2D eigenvalue weighted by Gasteiger charge is -2.17. The zero-order chi connectivity index (χ0) is 47.3. The number of amides is 5. The van der Waals surface area contributed by atoms with Gasteiger partial charge in [0, 0.05) is 74.0 Å². The van der Waals surface area contributed by atoms with Gasteiger partial charge in [0.05, 0.1) is 30.8 Å². The maximum absolute atomic E-state index is 13.9. The molecule has 22 heteroatoms. The fraction of sp³-hybridized carbons (Fsp3) is 0.689. The Kier molecular flexibility index (Phi) is 18.7. The SMILES string of the molecule is CCCSc1nc(N[C@@H]2C[C@H]2c2ccc(F)c(F)c2)c2nnn([C@@H]3C[C@H](OCCNC(=O)CCCCCNC(=O)CCCCCNC(=O)CCCC[C@@H]4SC[C@@H]5NC(=O)N[C@@H]54)[C@@H](O)[C@H]3O)c2n1. The van der Waals surface area contributed by atoms with Crippen molar-refractivity contribution < 1.29 is 42.9 Å². The van der Waals surface area contributed by atoms with Gasteiger partial charge in [0.15, 0.2) is 33.8 Å². The Morgan fingerprint density at radius 3 is 2.28 bits per heavy atom. The molecule has 0 spiro atoms. The number of benzene rings is 1. The largest absolute Gasteiger partial charge is 0.388 e. The first kappa shape index (κ1) is 50.5. The number of aliphatic hydroxyl groups is 2. The van der Waals surface area contributed by atoms with Crippen LogP contribution in [0.2, 0.25) is 0 Å². The molecule has 2 saturated carbocycles. The Bertz CT molecular complexity index is 2160. The zero-order valence-corrected chi connectivity index (χ0v) is 39.7. The summed E-state index contributed by atoms with van der Waals surface area (Å²) in [6.45, 7) is 3.55. The summed E-state index contributed by atoms with van der Waals surface area (Å²) in [6.07, 6.45) is 7.32. The summed E-state index contributed by atoms with van der Waals surface area (Å²) in [7, 11) is 0. The van der Waals surface area contributed by atoms with Gasteiger partial charge in [-0.3, -0.25) is 14.4 Å². The summed E-state index contributed by atoms with van der Waals surface area (Å²) in [5.41, 5.74) is 1.45. The molecule has 1 aromatic carbocycles. The van der Waals surface area contributed by atoms with E-state index in [0.29, 0.717) is 78.1 Å². The van der Waals surface area contributed by atoms with Gasteiger partial charge in [-0.15, -0.1) is 5.10 Å². The molecule has 4 fully saturated rings. The van der Waals surface area contributed by atoms with Crippen molar-refractivity contribution in [1.29, 1.82) is 0 Å². The highest BCUT2D eigenvalue weighted by Gasteiger charge is 2.46. The highest BCUT2D eigenvalue weighted by atomic mass is 32.2. The average molecular weight is 974 g/mol. The number of unbranched alkanes of at least 4 members (excludes halogenated alkanes) is 5. The maximum Gasteiger partial charge on any atom is 0.315 e. The molecular weight excluding hydrogens is 909 g/mol. The van der Waals surface area contributed by atoms with Crippen molar-refractivity contribution in [3.05, 3.63) is 35.4 Å². The molecule has 0 radical (unpaired) electrons.